The van der Waals surface area contributed by atoms with Gasteiger partial charge in [-0.2, -0.15) is 4.99 Å². The highest BCUT2D eigenvalue weighted by Gasteiger charge is 2.21. The lowest BCUT2D eigenvalue weighted by atomic mass is 9.96. The molecule has 110 valence electrons. The van der Waals surface area contributed by atoms with Gasteiger partial charge < -0.3 is 4.57 Å². The predicted molar refractivity (Wildman–Crippen MR) is 88.1 cm³/mol. The number of rotatable bonds is 1. The van der Waals surface area contributed by atoms with Crippen LogP contribution < -0.4 is 4.80 Å². The number of terminal acetylenes is 1. The summed E-state index contributed by atoms with van der Waals surface area (Å²) < 4.78 is 3.07. The van der Waals surface area contributed by atoms with Crippen molar-refractivity contribution in [1.82, 2.24) is 4.57 Å². The van der Waals surface area contributed by atoms with Crippen LogP contribution in [0.4, 0.5) is 0 Å². The summed E-state index contributed by atoms with van der Waals surface area (Å²) in [6, 6.07) is 4.23. The Morgan fingerprint density at radius 2 is 2.05 bits per heavy atom. The Kier molecular flexibility index (Phi) is 4.06. The molecule has 0 radical (unpaired) electrons. The van der Waals surface area contributed by atoms with Crippen LogP contribution in [-0.2, 0) is 11.3 Å². The number of carbonyl (C=O) groups excluding carboxylic acids is 1. The summed E-state index contributed by atoms with van der Waals surface area (Å²) in [4.78, 5) is 17.2. The van der Waals surface area contributed by atoms with Crippen LogP contribution in [0.15, 0.2) is 17.1 Å². The summed E-state index contributed by atoms with van der Waals surface area (Å²) in [5, 5.41) is 0. The summed E-state index contributed by atoms with van der Waals surface area (Å²) in [6.07, 6.45) is 5.48. The maximum absolute atomic E-state index is 12.2. The Bertz CT molecular complexity index is 810. The van der Waals surface area contributed by atoms with E-state index < -0.39 is 5.41 Å². The maximum atomic E-state index is 12.2. The highest BCUT2D eigenvalue weighted by molar-refractivity contribution is 7.16. The second-order valence-electron chi connectivity index (χ2n) is 6.27. The topological polar surface area (TPSA) is 34.4 Å². The number of fused-ring (bicyclic) bond motifs is 1. The van der Waals surface area contributed by atoms with Crippen molar-refractivity contribution in [1.29, 1.82) is 0 Å². The molecule has 2 aromatic rings. The van der Waals surface area contributed by atoms with Crippen LogP contribution in [0.25, 0.3) is 10.2 Å². The first kappa shape index (κ1) is 15.5. The molecule has 0 bridgehead atoms. The molecule has 0 aliphatic rings. The van der Waals surface area contributed by atoms with E-state index in [4.69, 9.17) is 6.42 Å². The Morgan fingerprint density at radius 1 is 1.38 bits per heavy atom. The van der Waals surface area contributed by atoms with Crippen molar-refractivity contribution in [3.63, 3.8) is 0 Å². The van der Waals surface area contributed by atoms with Crippen LogP contribution in [0.5, 0.6) is 0 Å². The standard InChI is InChI=1S/C17H20N2OS/c1-7-8-19-14-12(3)9-11(2)10-13(14)21-16(19)18-15(20)17(4,5)6/h1,9-10H,8H2,2-6H3. The van der Waals surface area contributed by atoms with Crippen molar-refractivity contribution in [2.75, 3.05) is 0 Å². The lowest BCUT2D eigenvalue weighted by Crippen LogP contribution is -2.23. The molecule has 1 aromatic carbocycles. The van der Waals surface area contributed by atoms with Crippen LogP contribution in [0.1, 0.15) is 31.9 Å². The number of nitrogens with zero attached hydrogens (tertiary/aromatic N) is 2. The average molecular weight is 300 g/mol. The Balaban J connectivity index is 2.78. The smallest absolute Gasteiger partial charge is 0.253 e. The van der Waals surface area contributed by atoms with Crippen molar-refractivity contribution in [3.8, 4) is 12.3 Å². The number of amides is 1. The van der Waals surface area contributed by atoms with Gasteiger partial charge >= 0.3 is 0 Å². The van der Waals surface area contributed by atoms with Gasteiger partial charge in [-0.05, 0) is 31.0 Å². The van der Waals surface area contributed by atoms with E-state index in [0.29, 0.717) is 11.3 Å². The van der Waals surface area contributed by atoms with Crippen LogP contribution >= 0.6 is 11.3 Å². The summed E-state index contributed by atoms with van der Waals surface area (Å²) in [5.74, 6) is 2.52. The number of aryl methyl sites for hydroxylation is 2. The fraction of sp³-hybridized carbons (Fsp3) is 0.412. The normalized spacial score (nSPS) is 12.7. The van der Waals surface area contributed by atoms with Crippen LogP contribution in [0, 0.1) is 31.6 Å². The van der Waals surface area contributed by atoms with Crippen molar-refractivity contribution >= 4 is 27.5 Å². The molecular weight excluding hydrogens is 280 g/mol. The van der Waals surface area contributed by atoms with E-state index in [1.54, 1.807) is 0 Å². The molecule has 1 heterocycles. The largest absolute Gasteiger partial charge is 0.304 e. The molecule has 3 nitrogen and oxygen atoms in total. The molecule has 2 rings (SSSR count). The summed E-state index contributed by atoms with van der Waals surface area (Å²) in [7, 11) is 0. The number of hydrogen-bond acceptors (Lipinski definition) is 2. The minimum atomic E-state index is -0.491. The van der Waals surface area contributed by atoms with Gasteiger partial charge in [0.15, 0.2) is 4.80 Å². The van der Waals surface area contributed by atoms with Crippen molar-refractivity contribution in [2.24, 2.45) is 10.4 Å². The molecule has 0 fully saturated rings. The molecule has 0 saturated carbocycles. The first-order valence-electron chi connectivity index (χ1n) is 6.87. The molecule has 21 heavy (non-hydrogen) atoms. The van der Waals surface area contributed by atoms with E-state index >= 15 is 0 Å². The summed E-state index contributed by atoms with van der Waals surface area (Å²) >= 11 is 1.52. The van der Waals surface area contributed by atoms with Gasteiger partial charge in [0.25, 0.3) is 5.91 Å². The molecule has 1 amide bonds. The number of carbonyl (C=O) groups is 1. The minimum absolute atomic E-state index is 0.130. The van der Waals surface area contributed by atoms with Crippen LogP contribution in [0.3, 0.4) is 0 Å². The third-order valence-electron chi connectivity index (χ3n) is 3.20. The second kappa shape index (κ2) is 5.50. The number of benzene rings is 1. The highest BCUT2D eigenvalue weighted by Crippen LogP contribution is 2.23. The minimum Gasteiger partial charge on any atom is -0.304 e. The molecule has 4 heteroatoms. The zero-order chi connectivity index (χ0) is 15.8. The van der Waals surface area contributed by atoms with Gasteiger partial charge in [0.1, 0.15) is 0 Å². The van der Waals surface area contributed by atoms with E-state index in [0.717, 1.165) is 15.8 Å². The molecule has 0 spiro atoms. The molecule has 0 saturated heterocycles. The second-order valence-corrected chi connectivity index (χ2v) is 7.28. The van der Waals surface area contributed by atoms with Gasteiger partial charge in [-0.15, -0.1) is 6.42 Å². The number of aromatic nitrogens is 1. The summed E-state index contributed by atoms with van der Waals surface area (Å²) in [5.41, 5.74) is 2.93. The van der Waals surface area contributed by atoms with E-state index in [1.165, 1.54) is 16.9 Å². The first-order chi connectivity index (χ1) is 9.74. The SMILES string of the molecule is C#CCn1c(=NC(=O)C(C)(C)C)sc2cc(C)cc(C)c21. The molecule has 1 aromatic heterocycles. The fourth-order valence-corrected chi connectivity index (χ4v) is 3.37. The van der Waals surface area contributed by atoms with Gasteiger partial charge in [0.2, 0.25) is 0 Å². The van der Waals surface area contributed by atoms with Crippen LogP contribution in [0.2, 0.25) is 0 Å². The zero-order valence-corrected chi connectivity index (χ0v) is 14.0. The lowest BCUT2D eigenvalue weighted by molar-refractivity contribution is -0.125. The van der Waals surface area contributed by atoms with Gasteiger partial charge in [0, 0.05) is 5.41 Å². The molecule has 0 unspecified atom stereocenters. The van der Waals surface area contributed by atoms with Crippen molar-refractivity contribution in [2.45, 2.75) is 41.2 Å². The predicted octanol–water partition coefficient (Wildman–Crippen LogP) is 3.43. The van der Waals surface area contributed by atoms with Gasteiger partial charge in [-0.25, -0.2) is 0 Å². The fourth-order valence-electron chi connectivity index (χ4n) is 2.17. The van der Waals surface area contributed by atoms with E-state index in [2.05, 4.69) is 36.9 Å². The Labute approximate surface area is 129 Å². The van der Waals surface area contributed by atoms with E-state index in [1.807, 2.05) is 25.3 Å². The van der Waals surface area contributed by atoms with Gasteiger partial charge in [-0.1, -0.05) is 44.1 Å². The Hall–Kier alpha value is -1.86. The molecule has 0 aliphatic carbocycles. The van der Waals surface area contributed by atoms with E-state index in [9.17, 15) is 4.79 Å². The number of hydrogen-bond donors (Lipinski definition) is 0. The highest BCUT2D eigenvalue weighted by atomic mass is 32.1. The molecule has 0 aliphatic heterocycles. The van der Waals surface area contributed by atoms with Gasteiger partial charge in [-0.3, -0.25) is 4.79 Å². The molecular formula is C17H20N2OS. The molecule has 0 N–H and O–H groups in total. The lowest BCUT2D eigenvalue weighted by Gasteiger charge is -2.11. The third-order valence-corrected chi connectivity index (χ3v) is 4.23. The van der Waals surface area contributed by atoms with Crippen molar-refractivity contribution in [3.05, 3.63) is 28.1 Å². The third kappa shape index (κ3) is 3.08. The average Bonchev–Trinajstić information content (AvgIpc) is 2.66. The summed E-state index contributed by atoms with van der Waals surface area (Å²) in [6.45, 7) is 10.1. The van der Waals surface area contributed by atoms with Crippen molar-refractivity contribution < 1.29 is 4.79 Å². The zero-order valence-electron chi connectivity index (χ0n) is 13.2. The molecule has 0 atom stereocenters. The van der Waals surface area contributed by atoms with Crippen LogP contribution in [-0.4, -0.2) is 10.5 Å². The van der Waals surface area contributed by atoms with E-state index in [-0.39, 0.29) is 5.91 Å². The maximum Gasteiger partial charge on any atom is 0.253 e. The monoisotopic (exact) mass is 300 g/mol. The Morgan fingerprint density at radius 3 is 2.62 bits per heavy atom. The number of thiazole rings is 1. The van der Waals surface area contributed by atoms with Gasteiger partial charge in [0.05, 0.1) is 16.8 Å². The quantitative estimate of drug-likeness (QED) is 0.743. The first-order valence-corrected chi connectivity index (χ1v) is 7.69.